The van der Waals surface area contributed by atoms with Gasteiger partial charge in [0.25, 0.3) is 0 Å². The zero-order chi connectivity index (χ0) is 16.9. The average molecular weight is 350 g/mol. The number of nitrogens with zero attached hydrogens (tertiary/aromatic N) is 3. The van der Waals surface area contributed by atoms with Crippen molar-refractivity contribution in [2.24, 2.45) is 0 Å². The first-order valence-corrected chi connectivity index (χ1v) is 10.0. The summed E-state index contributed by atoms with van der Waals surface area (Å²) in [5, 5.41) is 0.692. The molecule has 1 saturated carbocycles. The number of carbonyl (C=O) groups excluding carboxylic acids is 1. The largest absolute Gasteiger partial charge is 0.472 e. The van der Waals surface area contributed by atoms with Crippen molar-refractivity contribution in [1.82, 2.24) is 14.9 Å². The van der Waals surface area contributed by atoms with Gasteiger partial charge in [-0.1, -0.05) is 12.8 Å². The van der Waals surface area contributed by atoms with Gasteiger partial charge in [-0.25, -0.2) is 4.98 Å². The van der Waals surface area contributed by atoms with E-state index in [0.717, 1.165) is 30.9 Å². The molecule has 2 heterocycles. The van der Waals surface area contributed by atoms with Gasteiger partial charge >= 0.3 is 0 Å². The molecule has 3 rings (SSSR count). The van der Waals surface area contributed by atoms with Crippen molar-refractivity contribution < 1.29 is 9.53 Å². The normalized spacial score (nSPS) is 21.9. The van der Waals surface area contributed by atoms with Gasteiger partial charge in [0.1, 0.15) is 11.9 Å². The summed E-state index contributed by atoms with van der Waals surface area (Å²) in [6, 6.07) is 1.86. The molecule has 24 heavy (non-hydrogen) atoms. The van der Waals surface area contributed by atoms with Gasteiger partial charge in [0.15, 0.2) is 0 Å². The molecule has 1 aromatic rings. The number of aryl methyl sites for hydroxylation is 2. The van der Waals surface area contributed by atoms with Crippen LogP contribution in [0.2, 0.25) is 0 Å². The van der Waals surface area contributed by atoms with Crippen LogP contribution < -0.4 is 4.74 Å². The van der Waals surface area contributed by atoms with Gasteiger partial charge in [0.2, 0.25) is 11.8 Å². The second-order valence-electron chi connectivity index (χ2n) is 6.83. The van der Waals surface area contributed by atoms with Crippen LogP contribution in [0.25, 0.3) is 0 Å². The van der Waals surface area contributed by atoms with E-state index in [4.69, 9.17) is 4.74 Å². The Morgan fingerprint density at radius 3 is 2.79 bits per heavy atom. The number of hydrogen-bond donors (Lipinski definition) is 0. The monoisotopic (exact) mass is 349 g/mol. The van der Waals surface area contributed by atoms with Crippen molar-refractivity contribution in [3.8, 4) is 5.88 Å². The first-order valence-electron chi connectivity index (χ1n) is 8.98. The van der Waals surface area contributed by atoms with E-state index in [1.807, 2.05) is 36.6 Å². The maximum atomic E-state index is 12.5. The molecule has 1 aliphatic heterocycles. The van der Waals surface area contributed by atoms with E-state index in [2.05, 4.69) is 9.97 Å². The zero-order valence-corrected chi connectivity index (χ0v) is 15.5. The maximum absolute atomic E-state index is 12.5. The third kappa shape index (κ3) is 4.85. The molecule has 1 atom stereocenters. The quantitative estimate of drug-likeness (QED) is 0.817. The first kappa shape index (κ1) is 17.5. The van der Waals surface area contributed by atoms with E-state index in [9.17, 15) is 4.79 Å². The van der Waals surface area contributed by atoms with E-state index in [1.54, 1.807) is 0 Å². The Kier molecular flexibility index (Phi) is 5.98. The third-order valence-corrected chi connectivity index (χ3v) is 6.06. The number of aromatic nitrogens is 2. The van der Waals surface area contributed by atoms with Crippen LogP contribution in [0.5, 0.6) is 5.88 Å². The fourth-order valence-corrected chi connectivity index (χ4v) is 4.74. The smallest absolute Gasteiger partial charge is 0.232 e. The molecule has 0 bridgehead atoms. The summed E-state index contributed by atoms with van der Waals surface area (Å²) < 4.78 is 6.02. The summed E-state index contributed by atoms with van der Waals surface area (Å²) in [4.78, 5) is 23.1. The molecule has 132 valence electrons. The molecular formula is C18H27N3O2S. The fraction of sp³-hybridized carbons (Fsp3) is 0.722. The highest BCUT2D eigenvalue weighted by Crippen LogP contribution is 2.29. The second kappa shape index (κ2) is 8.19. The summed E-state index contributed by atoms with van der Waals surface area (Å²) in [5.74, 6) is 2.22. The van der Waals surface area contributed by atoms with Gasteiger partial charge in [-0.3, -0.25) is 4.79 Å². The molecular weight excluding hydrogens is 322 g/mol. The highest BCUT2D eigenvalue weighted by atomic mass is 32.2. The van der Waals surface area contributed by atoms with Crippen LogP contribution in [0.3, 0.4) is 0 Å². The van der Waals surface area contributed by atoms with E-state index in [-0.39, 0.29) is 12.0 Å². The summed E-state index contributed by atoms with van der Waals surface area (Å²) >= 11 is 1.84. The van der Waals surface area contributed by atoms with Crippen LogP contribution in [0.4, 0.5) is 0 Å². The topological polar surface area (TPSA) is 55.3 Å². The third-order valence-electron chi connectivity index (χ3n) is 4.71. The molecule has 1 unspecified atom stereocenters. The van der Waals surface area contributed by atoms with Crippen molar-refractivity contribution in [2.75, 3.05) is 18.8 Å². The number of likely N-dealkylation sites (tertiary alicyclic amines) is 1. The number of hydrogen-bond acceptors (Lipinski definition) is 5. The Balaban J connectivity index is 1.50. The summed E-state index contributed by atoms with van der Waals surface area (Å²) in [5.41, 5.74) is 0.911. The van der Waals surface area contributed by atoms with Crippen molar-refractivity contribution in [1.29, 1.82) is 0 Å². The number of ether oxygens (including phenoxy) is 1. The lowest BCUT2D eigenvalue weighted by atomic mass is 10.1. The number of piperidine rings is 1. The number of amides is 1. The van der Waals surface area contributed by atoms with Gasteiger partial charge in [-0.2, -0.15) is 4.98 Å². The Morgan fingerprint density at radius 2 is 2.04 bits per heavy atom. The first-order chi connectivity index (χ1) is 11.6. The SMILES string of the molecule is Cc1cc(OC2CCCN(C(=O)CSC3CCCC3)C2)nc(C)n1. The molecule has 0 N–H and O–H groups in total. The lowest BCUT2D eigenvalue weighted by Crippen LogP contribution is -2.45. The van der Waals surface area contributed by atoms with Crippen molar-refractivity contribution in [3.63, 3.8) is 0 Å². The number of carbonyl (C=O) groups is 1. The van der Waals surface area contributed by atoms with Crippen LogP contribution >= 0.6 is 11.8 Å². The number of thioether (sulfide) groups is 1. The minimum absolute atomic E-state index is 0.0351. The maximum Gasteiger partial charge on any atom is 0.232 e. The Bertz CT molecular complexity index is 555. The minimum atomic E-state index is 0.0351. The second-order valence-corrected chi connectivity index (χ2v) is 8.12. The summed E-state index contributed by atoms with van der Waals surface area (Å²) in [6.45, 7) is 5.34. The molecule has 6 heteroatoms. The van der Waals surface area contributed by atoms with Crippen molar-refractivity contribution in [2.45, 2.75) is 63.7 Å². The lowest BCUT2D eigenvalue weighted by molar-refractivity contribution is -0.130. The Hall–Kier alpha value is -1.30. The predicted octanol–water partition coefficient (Wildman–Crippen LogP) is 3.14. The van der Waals surface area contributed by atoms with Crippen LogP contribution in [0.15, 0.2) is 6.07 Å². The molecule has 0 radical (unpaired) electrons. The molecule has 2 fully saturated rings. The average Bonchev–Trinajstić information content (AvgIpc) is 3.05. The Labute approximate surface area is 148 Å². The molecule has 1 saturated heterocycles. The van der Waals surface area contributed by atoms with E-state index in [1.165, 1.54) is 25.7 Å². The molecule has 1 aliphatic carbocycles. The molecule has 1 amide bonds. The molecule has 5 nitrogen and oxygen atoms in total. The van der Waals surface area contributed by atoms with Crippen molar-refractivity contribution in [3.05, 3.63) is 17.6 Å². The van der Waals surface area contributed by atoms with E-state index in [0.29, 0.717) is 23.4 Å². The fourth-order valence-electron chi connectivity index (χ4n) is 3.51. The number of rotatable bonds is 5. The molecule has 2 aliphatic rings. The Morgan fingerprint density at radius 1 is 1.25 bits per heavy atom. The highest BCUT2D eigenvalue weighted by molar-refractivity contribution is 8.00. The predicted molar refractivity (Wildman–Crippen MR) is 96.5 cm³/mol. The summed E-state index contributed by atoms with van der Waals surface area (Å²) in [7, 11) is 0. The highest BCUT2D eigenvalue weighted by Gasteiger charge is 2.26. The van der Waals surface area contributed by atoms with Crippen molar-refractivity contribution >= 4 is 17.7 Å². The van der Waals surface area contributed by atoms with Gasteiger partial charge in [0, 0.05) is 23.6 Å². The van der Waals surface area contributed by atoms with Gasteiger partial charge < -0.3 is 9.64 Å². The van der Waals surface area contributed by atoms with Crippen LogP contribution in [0, 0.1) is 13.8 Å². The standard InChI is InChI=1S/C18H27N3O2S/c1-13-10-17(20-14(2)19-13)23-15-6-5-9-21(11-15)18(22)12-24-16-7-3-4-8-16/h10,15-16H,3-9,11-12H2,1-2H3. The molecule has 0 spiro atoms. The van der Waals surface area contributed by atoms with Crippen LogP contribution in [-0.2, 0) is 4.79 Å². The molecule has 1 aromatic heterocycles. The summed E-state index contributed by atoms with van der Waals surface area (Å²) in [6.07, 6.45) is 7.20. The van der Waals surface area contributed by atoms with Gasteiger partial charge in [0.05, 0.1) is 12.3 Å². The zero-order valence-electron chi connectivity index (χ0n) is 14.7. The van der Waals surface area contributed by atoms with E-state index >= 15 is 0 Å². The molecule has 0 aromatic carbocycles. The van der Waals surface area contributed by atoms with Crippen LogP contribution in [-0.4, -0.2) is 51.0 Å². The van der Waals surface area contributed by atoms with Gasteiger partial charge in [-0.15, -0.1) is 11.8 Å². The van der Waals surface area contributed by atoms with E-state index < -0.39 is 0 Å². The lowest BCUT2D eigenvalue weighted by Gasteiger charge is -2.32. The van der Waals surface area contributed by atoms with Crippen LogP contribution in [0.1, 0.15) is 50.0 Å². The minimum Gasteiger partial charge on any atom is -0.472 e. The van der Waals surface area contributed by atoms with Gasteiger partial charge in [-0.05, 0) is 39.5 Å².